The zero-order valence-electron chi connectivity index (χ0n) is 12.3. The highest BCUT2D eigenvalue weighted by atomic mass is 28.3. The number of unbranched alkanes of at least 4 members (excludes halogenated alkanes) is 3. The van der Waals surface area contributed by atoms with Crippen molar-refractivity contribution in [1.29, 1.82) is 0 Å². The number of hydrogen-bond acceptors (Lipinski definition) is 1. The maximum atomic E-state index is 10.3. The number of hydrogen-bond donors (Lipinski definition) is 1. The Kier molecular flexibility index (Phi) is 9.67. The average molecular weight is 276 g/mol. The zero-order chi connectivity index (χ0) is 14.6. The number of rotatable bonds is 6. The second kappa shape index (κ2) is 10.5. The Hall–Kier alpha value is -1.45. The largest absolute Gasteiger partial charge is 0.481 e. The van der Waals surface area contributed by atoms with Crippen LogP contribution in [0.4, 0.5) is 0 Å². The zero-order valence-corrected chi connectivity index (χ0v) is 13.3. The van der Waals surface area contributed by atoms with E-state index in [-0.39, 0.29) is 6.42 Å². The molecule has 0 aliphatic heterocycles. The first-order chi connectivity index (χ1) is 8.92. The van der Waals surface area contributed by atoms with E-state index in [2.05, 4.69) is 49.0 Å². The molecule has 0 unspecified atom stereocenters. The van der Waals surface area contributed by atoms with E-state index in [1.165, 1.54) is 0 Å². The minimum absolute atomic E-state index is 0.250. The van der Waals surface area contributed by atoms with Gasteiger partial charge in [-0.2, -0.15) is 0 Å². The van der Waals surface area contributed by atoms with Gasteiger partial charge in [-0.25, -0.2) is 0 Å². The van der Waals surface area contributed by atoms with Gasteiger partial charge >= 0.3 is 5.97 Å². The lowest BCUT2D eigenvalue weighted by atomic mass is 10.2. The van der Waals surface area contributed by atoms with Crippen molar-refractivity contribution in [1.82, 2.24) is 0 Å². The molecule has 0 fully saturated rings. The molecule has 0 aliphatic carbocycles. The Labute approximate surface area is 118 Å². The molecule has 0 amide bonds. The van der Waals surface area contributed by atoms with Gasteiger partial charge in [0.2, 0.25) is 0 Å². The lowest BCUT2D eigenvalue weighted by Gasteiger charge is -2.01. The summed E-state index contributed by atoms with van der Waals surface area (Å²) < 4.78 is 0. The van der Waals surface area contributed by atoms with Gasteiger partial charge < -0.3 is 5.11 Å². The third-order valence-corrected chi connectivity index (χ3v) is 3.05. The van der Waals surface area contributed by atoms with Crippen LogP contribution in [0.5, 0.6) is 0 Å². The van der Waals surface area contributed by atoms with Gasteiger partial charge in [0, 0.05) is 19.3 Å². The van der Waals surface area contributed by atoms with Gasteiger partial charge in [-0.15, -0.1) is 17.4 Å². The second-order valence-corrected chi connectivity index (χ2v) is 10.2. The molecular weight excluding hydrogens is 252 g/mol. The molecule has 0 bridgehead atoms. The third-order valence-electron chi connectivity index (χ3n) is 2.15. The van der Waals surface area contributed by atoms with Crippen molar-refractivity contribution in [3.63, 3.8) is 0 Å². The summed E-state index contributed by atoms with van der Waals surface area (Å²) >= 11 is 0. The molecule has 0 aromatic heterocycles. The third kappa shape index (κ3) is 16.5. The molecule has 0 saturated carbocycles. The Morgan fingerprint density at radius 3 is 2.47 bits per heavy atom. The normalized spacial score (nSPS) is 10.5. The molecular formula is C16H24O2Si. The molecule has 0 heterocycles. The number of allylic oxidation sites excluding steroid dienone is 2. The van der Waals surface area contributed by atoms with Gasteiger partial charge in [-0.1, -0.05) is 31.6 Å². The van der Waals surface area contributed by atoms with E-state index < -0.39 is 14.0 Å². The van der Waals surface area contributed by atoms with Crippen LogP contribution in [0.2, 0.25) is 19.6 Å². The predicted octanol–water partition coefficient (Wildman–Crippen LogP) is 3.85. The van der Waals surface area contributed by atoms with Crippen LogP contribution in [0.15, 0.2) is 12.2 Å². The molecule has 19 heavy (non-hydrogen) atoms. The van der Waals surface area contributed by atoms with E-state index in [1.807, 2.05) is 6.08 Å². The minimum Gasteiger partial charge on any atom is -0.481 e. The van der Waals surface area contributed by atoms with Gasteiger partial charge in [0.15, 0.2) is 0 Å². The van der Waals surface area contributed by atoms with E-state index in [0.29, 0.717) is 0 Å². The summed E-state index contributed by atoms with van der Waals surface area (Å²) in [4.78, 5) is 10.3. The van der Waals surface area contributed by atoms with Gasteiger partial charge in [-0.3, -0.25) is 4.79 Å². The number of carbonyl (C=O) groups is 1. The van der Waals surface area contributed by atoms with Crippen molar-refractivity contribution >= 4 is 14.0 Å². The molecule has 2 nitrogen and oxygen atoms in total. The molecule has 104 valence electrons. The highest BCUT2D eigenvalue weighted by Crippen LogP contribution is 1.99. The SMILES string of the molecule is C[Si](C)(C)C#C/C=C\CCC#CCCCCC(=O)O. The Bertz CT molecular complexity index is 408. The van der Waals surface area contributed by atoms with Crippen molar-refractivity contribution in [3.8, 4) is 23.3 Å². The Morgan fingerprint density at radius 1 is 1.16 bits per heavy atom. The maximum Gasteiger partial charge on any atom is 0.303 e. The number of carboxylic acids is 1. The van der Waals surface area contributed by atoms with Crippen LogP contribution >= 0.6 is 0 Å². The van der Waals surface area contributed by atoms with Crippen LogP contribution in [-0.4, -0.2) is 19.1 Å². The van der Waals surface area contributed by atoms with Gasteiger partial charge in [0.05, 0.1) is 0 Å². The Balaban J connectivity index is 3.56. The summed E-state index contributed by atoms with van der Waals surface area (Å²) in [6, 6.07) is 0. The van der Waals surface area contributed by atoms with E-state index >= 15 is 0 Å². The maximum absolute atomic E-state index is 10.3. The van der Waals surface area contributed by atoms with Crippen LogP contribution in [0, 0.1) is 23.3 Å². The molecule has 0 atom stereocenters. The van der Waals surface area contributed by atoms with E-state index in [0.717, 1.165) is 32.1 Å². The van der Waals surface area contributed by atoms with Crippen molar-refractivity contribution in [3.05, 3.63) is 12.2 Å². The van der Waals surface area contributed by atoms with Crippen LogP contribution in [-0.2, 0) is 4.79 Å². The van der Waals surface area contributed by atoms with E-state index in [1.54, 1.807) is 0 Å². The smallest absolute Gasteiger partial charge is 0.303 e. The monoisotopic (exact) mass is 276 g/mol. The molecule has 0 aliphatic rings. The fourth-order valence-electron chi connectivity index (χ4n) is 1.22. The summed E-state index contributed by atoms with van der Waals surface area (Å²) in [5.41, 5.74) is 3.27. The van der Waals surface area contributed by atoms with Crippen molar-refractivity contribution in [2.24, 2.45) is 0 Å². The summed E-state index contributed by atoms with van der Waals surface area (Å²) in [5, 5.41) is 8.46. The lowest BCUT2D eigenvalue weighted by molar-refractivity contribution is -0.137. The van der Waals surface area contributed by atoms with Crippen molar-refractivity contribution in [2.45, 2.75) is 58.2 Å². The highest BCUT2D eigenvalue weighted by molar-refractivity contribution is 6.83. The molecule has 3 heteroatoms. The fourth-order valence-corrected chi connectivity index (χ4v) is 1.74. The highest BCUT2D eigenvalue weighted by Gasteiger charge is 2.06. The van der Waals surface area contributed by atoms with Gasteiger partial charge in [-0.05, 0) is 25.3 Å². The van der Waals surface area contributed by atoms with Gasteiger partial charge in [0.25, 0.3) is 0 Å². The molecule has 1 N–H and O–H groups in total. The first kappa shape index (κ1) is 17.5. The molecule has 0 rings (SSSR count). The average Bonchev–Trinajstić information content (AvgIpc) is 2.28. The summed E-state index contributed by atoms with van der Waals surface area (Å²) in [5.74, 6) is 8.52. The molecule has 0 aromatic rings. The summed E-state index contributed by atoms with van der Waals surface area (Å²) in [7, 11) is -1.24. The summed E-state index contributed by atoms with van der Waals surface area (Å²) in [6.07, 6.45) is 8.41. The van der Waals surface area contributed by atoms with Crippen LogP contribution in [0.3, 0.4) is 0 Å². The standard InChI is InChI=1S/C16H24O2Si/c1-19(2,3)15-13-11-9-7-5-4-6-8-10-12-14-16(17)18/h9,11H,5,7-8,10,12,14H2,1-3H3,(H,17,18)/b11-9-. The lowest BCUT2D eigenvalue weighted by Crippen LogP contribution is -2.16. The van der Waals surface area contributed by atoms with Crippen molar-refractivity contribution < 1.29 is 9.90 Å². The number of aliphatic carboxylic acids is 1. The predicted molar refractivity (Wildman–Crippen MR) is 83.4 cm³/mol. The van der Waals surface area contributed by atoms with Gasteiger partial charge in [0.1, 0.15) is 8.07 Å². The van der Waals surface area contributed by atoms with Crippen molar-refractivity contribution in [2.75, 3.05) is 0 Å². The quantitative estimate of drug-likeness (QED) is 0.454. The number of carboxylic acid groups (broad SMARTS) is 1. The first-order valence-electron chi connectivity index (χ1n) is 6.77. The first-order valence-corrected chi connectivity index (χ1v) is 10.3. The second-order valence-electron chi connectivity index (χ2n) is 5.41. The van der Waals surface area contributed by atoms with Crippen LogP contribution in [0.1, 0.15) is 38.5 Å². The molecule has 0 spiro atoms. The molecule has 0 saturated heterocycles. The van der Waals surface area contributed by atoms with E-state index in [9.17, 15) is 4.79 Å². The molecule has 0 radical (unpaired) electrons. The fraction of sp³-hybridized carbons (Fsp3) is 0.562. The van der Waals surface area contributed by atoms with Crippen LogP contribution in [0.25, 0.3) is 0 Å². The topological polar surface area (TPSA) is 37.3 Å². The Morgan fingerprint density at radius 2 is 1.84 bits per heavy atom. The van der Waals surface area contributed by atoms with Crippen LogP contribution < -0.4 is 0 Å². The summed E-state index contributed by atoms with van der Waals surface area (Å²) in [6.45, 7) is 6.68. The molecule has 0 aromatic carbocycles. The van der Waals surface area contributed by atoms with E-state index in [4.69, 9.17) is 5.11 Å². The minimum atomic E-state index is -1.24.